The van der Waals surface area contributed by atoms with Crippen molar-refractivity contribution in [3.63, 3.8) is 0 Å². The number of anilines is 1. The standard InChI is InChI=1S/C23H33N3O4S/c1-16(27)24-18-10-12-22(13-11-18)31(29,30)26-20-8-5-9-21(26)15-19(14-20)25-23(28)17-6-3-2-4-7-17/h10-13,17,19-21H,2-9,14-15H2,1H3,(H,24,27)(H,25,28)/t19?,20-,21+. The molecule has 2 heterocycles. The van der Waals surface area contributed by atoms with E-state index in [2.05, 4.69) is 10.6 Å². The Balaban J connectivity index is 1.46. The van der Waals surface area contributed by atoms with Gasteiger partial charge >= 0.3 is 0 Å². The van der Waals surface area contributed by atoms with Crippen LogP contribution in [-0.2, 0) is 19.6 Å². The van der Waals surface area contributed by atoms with Gasteiger partial charge in [0, 0.05) is 36.7 Å². The van der Waals surface area contributed by atoms with E-state index in [0.717, 1.165) is 44.9 Å². The van der Waals surface area contributed by atoms with Gasteiger partial charge < -0.3 is 10.6 Å². The molecule has 2 amide bonds. The number of hydrogen-bond acceptors (Lipinski definition) is 4. The summed E-state index contributed by atoms with van der Waals surface area (Å²) in [7, 11) is -3.63. The Hall–Kier alpha value is -1.93. The largest absolute Gasteiger partial charge is 0.353 e. The van der Waals surface area contributed by atoms with E-state index >= 15 is 0 Å². The van der Waals surface area contributed by atoms with E-state index in [1.165, 1.54) is 13.3 Å². The van der Waals surface area contributed by atoms with E-state index in [1.54, 1.807) is 28.6 Å². The molecule has 31 heavy (non-hydrogen) atoms. The van der Waals surface area contributed by atoms with Crippen LogP contribution in [-0.4, -0.2) is 42.7 Å². The second-order valence-electron chi connectivity index (χ2n) is 9.29. The van der Waals surface area contributed by atoms with Gasteiger partial charge in [-0.15, -0.1) is 0 Å². The zero-order valence-electron chi connectivity index (χ0n) is 18.2. The smallest absolute Gasteiger partial charge is 0.243 e. The Morgan fingerprint density at radius 1 is 0.903 bits per heavy atom. The number of hydrogen-bond donors (Lipinski definition) is 2. The SMILES string of the molecule is CC(=O)Nc1ccc(S(=O)(=O)N2[C@@H]3CCC[C@H]2CC(NC(=O)C2CCCCC2)C3)cc1. The number of fused-ring (bicyclic) bond motifs is 2. The number of carbonyl (C=O) groups is 2. The van der Waals surface area contributed by atoms with Gasteiger partial charge in [0.15, 0.2) is 0 Å². The first-order valence-electron chi connectivity index (χ1n) is 11.6. The van der Waals surface area contributed by atoms with Crippen LogP contribution < -0.4 is 10.6 Å². The van der Waals surface area contributed by atoms with Gasteiger partial charge in [0.1, 0.15) is 0 Å². The predicted molar refractivity (Wildman–Crippen MR) is 119 cm³/mol. The number of nitrogens with one attached hydrogen (secondary N) is 2. The second-order valence-corrected chi connectivity index (χ2v) is 11.1. The van der Waals surface area contributed by atoms with Crippen LogP contribution in [0.3, 0.4) is 0 Å². The molecule has 2 aliphatic heterocycles. The molecule has 1 saturated carbocycles. The van der Waals surface area contributed by atoms with Crippen molar-refractivity contribution in [3.05, 3.63) is 24.3 Å². The summed E-state index contributed by atoms with van der Waals surface area (Å²) in [4.78, 5) is 24.2. The Labute approximate surface area is 185 Å². The summed E-state index contributed by atoms with van der Waals surface area (Å²) in [5, 5.41) is 5.92. The van der Waals surface area contributed by atoms with E-state index < -0.39 is 10.0 Å². The third-order valence-electron chi connectivity index (χ3n) is 6.98. The minimum atomic E-state index is -3.63. The topological polar surface area (TPSA) is 95.6 Å². The molecule has 2 N–H and O–H groups in total. The highest BCUT2D eigenvalue weighted by molar-refractivity contribution is 7.89. The molecule has 1 unspecified atom stereocenters. The summed E-state index contributed by atoms with van der Waals surface area (Å²) in [6.45, 7) is 1.42. The fourth-order valence-electron chi connectivity index (χ4n) is 5.57. The van der Waals surface area contributed by atoms with Gasteiger partial charge in [0.25, 0.3) is 0 Å². The van der Waals surface area contributed by atoms with E-state index in [1.807, 2.05) is 0 Å². The summed E-state index contributed by atoms with van der Waals surface area (Å²) in [6.07, 6.45) is 9.45. The summed E-state index contributed by atoms with van der Waals surface area (Å²) in [5.41, 5.74) is 0.579. The summed E-state index contributed by atoms with van der Waals surface area (Å²) < 4.78 is 28.6. The van der Waals surface area contributed by atoms with E-state index in [0.29, 0.717) is 18.5 Å². The maximum atomic E-state index is 13.5. The number of rotatable bonds is 5. The first kappa shape index (κ1) is 22.3. The molecule has 1 aromatic rings. The molecular formula is C23H33N3O4S. The van der Waals surface area contributed by atoms with Crippen molar-refractivity contribution in [2.24, 2.45) is 5.92 Å². The molecule has 170 valence electrons. The summed E-state index contributed by atoms with van der Waals surface area (Å²) in [6, 6.07) is 6.27. The molecule has 3 aliphatic rings. The Morgan fingerprint density at radius 2 is 1.52 bits per heavy atom. The van der Waals surface area contributed by atoms with Gasteiger partial charge in [-0.25, -0.2) is 8.42 Å². The predicted octanol–water partition coefficient (Wildman–Crippen LogP) is 3.42. The monoisotopic (exact) mass is 447 g/mol. The highest BCUT2D eigenvalue weighted by atomic mass is 32.2. The van der Waals surface area contributed by atoms with Crippen LogP contribution in [0.1, 0.15) is 71.1 Å². The zero-order valence-corrected chi connectivity index (χ0v) is 19.0. The van der Waals surface area contributed by atoms with Crippen molar-refractivity contribution >= 4 is 27.5 Å². The fraction of sp³-hybridized carbons (Fsp3) is 0.652. The normalized spacial score (nSPS) is 27.5. The first-order valence-corrected chi connectivity index (χ1v) is 13.0. The molecule has 0 aromatic heterocycles. The Bertz CT molecular complexity index is 895. The minimum absolute atomic E-state index is 0.0540. The Kier molecular flexibility index (Phi) is 6.67. The number of benzene rings is 1. The van der Waals surface area contributed by atoms with Crippen LogP contribution in [0.25, 0.3) is 0 Å². The van der Waals surface area contributed by atoms with E-state index in [-0.39, 0.29) is 40.8 Å². The van der Waals surface area contributed by atoms with Gasteiger partial charge in [-0.2, -0.15) is 4.31 Å². The molecule has 4 rings (SSSR count). The fourth-order valence-corrected chi connectivity index (χ4v) is 7.46. The molecule has 8 heteroatoms. The van der Waals surface area contributed by atoms with Gasteiger partial charge in [-0.3, -0.25) is 9.59 Å². The lowest BCUT2D eigenvalue weighted by atomic mass is 9.83. The van der Waals surface area contributed by atoms with Crippen molar-refractivity contribution in [1.82, 2.24) is 9.62 Å². The molecule has 7 nitrogen and oxygen atoms in total. The lowest BCUT2D eigenvalue weighted by Gasteiger charge is -2.48. The molecule has 3 atom stereocenters. The van der Waals surface area contributed by atoms with Gasteiger partial charge in [0.2, 0.25) is 21.8 Å². The maximum Gasteiger partial charge on any atom is 0.243 e. The third kappa shape index (κ3) is 4.95. The zero-order chi connectivity index (χ0) is 22.0. The average molecular weight is 448 g/mol. The molecule has 2 bridgehead atoms. The quantitative estimate of drug-likeness (QED) is 0.723. The molecule has 0 spiro atoms. The first-order chi connectivity index (χ1) is 14.8. The number of piperidine rings is 2. The van der Waals surface area contributed by atoms with Crippen LogP contribution in [0.5, 0.6) is 0 Å². The average Bonchev–Trinajstić information content (AvgIpc) is 2.73. The van der Waals surface area contributed by atoms with Crippen LogP contribution in [0, 0.1) is 5.92 Å². The number of sulfonamides is 1. The van der Waals surface area contributed by atoms with Crippen LogP contribution >= 0.6 is 0 Å². The van der Waals surface area contributed by atoms with Gasteiger partial charge in [-0.1, -0.05) is 25.7 Å². The van der Waals surface area contributed by atoms with Crippen LogP contribution in [0.15, 0.2) is 29.2 Å². The third-order valence-corrected chi connectivity index (χ3v) is 9.00. The van der Waals surface area contributed by atoms with Crippen molar-refractivity contribution in [1.29, 1.82) is 0 Å². The van der Waals surface area contributed by atoms with E-state index in [4.69, 9.17) is 0 Å². The van der Waals surface area contributed by atoms with Crippen LogP contribution in [0.4, 0.5) is 5.69 Å². The summed E-state index contributed by atoms with van der Waals surface area (Å²) in [5.74, 6) is 0.0904. The van der Waals surface area contributed by atoms with Crippen LogP contribution in [0.2, 0.25) is 0 Å². The number of carbonyl (C=O) groups excluding carboxylic acids is 2. The van der Waals surface area contributed by atoms with E-state index in [9.17, 15) is 18.0 Å². The molecule has 1 aromatic carbocycles. The molecule has 1 aliphatic carbocycles. The maximum absolute atomic E-state index is 13.5. The minimum Gasteiger partial charge on any atom is -0.353 e. The lowest BCUT2D eigenvalue weighted by Crippen LogP contribution is -2.59. The lowest BCUT2D eigenvalue weighted by molar-refractivity contribution is -0.127. The van der Waals surface area contributed by atoms with Crippen molar-refractivity contribution in [2.45, 2.75) is 94.2 Å². The number of nitrogens with zero attached hydrogens (tertiary/aromatic N) is 1. The molecule has 0 radical (unpaired) electrons. The Morgan fingerprint density at radius 3 is 2.10 bits per heavy atom. The van der Waals surface area contributed by atoms with Gasteiger partial charge in [-0.05, 0) is 62.8 Å². The van der Waals surface area contributed by atoms with Crippen molar-refractivity contribution in [2.75, 3.05) is 5.32 Å². The molecule has 3 fully saturated rings. The van der Waals surface area contributed by atoms with Crippen molar-refractivity contribution < 1.29 is 18.0 Å². The van der Waals surface area contributed by atoms with Crippen molar-refractivity contribution in [3.8, 4) is 0 Å². The second kappa shape index (κ2) is 9.28. The summed E-state index contributed by atoms with van der Waals surface area (Å²) >= 11 is 0. The van der Waals surface area contributed by atoms with Gasteiger partial charge in [0.05, 0.1) is 4.90 Å². The highest BCUT2D eigenvalue weighted by Crippen LogP contribution is 2.38. The molecular weight excluding hydrogens is 414 g/mol. The highest BCUT2D eigenvalue weighted by Gasteiger charge is 2.45. The number of amides is 2. The molecule has 2 saturated heterocycles.